The van der Waals surface area contributed by atoms with Crippen molar-refractivity contribution in [2.75, 3.05) is 13.3 Å². The lowest BCUT2D eigenvalue weighted by Gasteiger charge is -2.41. The highest BCUT2D eigenvalue weighted by atomic mass is 32.2. The van der Waals surface area contributed by atoms with E-state index in [-0.39, 0.29) is 21.9 Å². The van der Waals surface area contributed by atoms with E-state index in [0.717, 1.165) is 17.0 Å². The quantitative estimate of drug-likeness (QED) is 0.350. The predicted molar refractivity (Wildman–Crippen MR) is 128 cm³/mol. The van der Waals surface area contributed by atoms with Crippen LogP contribution in [-0.4, -0.2) is 54.1 Å². The Bertz CT molecular complexity index is 935. The van der Waals surface area contributed by atoms with Gasteiger partial charge in [0.1, 0.15) is 18.4 Å². The molecule has 1 saturated carbocycles. The summed E-state index contributed by atoms with van der Waals surface area (Å²) in [7, 11) is -1.43. The third kappa shape index (κ3) is 5.43. The maximum atomic E-state index is 14.8. The number of hydrogen-bond donors (Lipinski definition) is 1. The largest absolute Gasteiger partial charge is 0.465 e. The van der Waals surface area contributed by atoms with Crippen LogP contribution in [0.15, 0.2) is 23.2 Å². The molecule has 1 amide bonds. The molecule has 1 unspecified atom stereocenters. The normalized spacial score (nSPS) is 25.8. The summed E-state index contributed by atoms with van der Waals surface area (Å²) in [5, 5.41) is 10.1. The number of hydrogen-bond acceptors (Lipinski definition) is 4. The molecule has 1 aliphatic heterocycles. The Morgan fingerprint density at radius 1 is 1.36 bits per heavy atom. The van der Waals surface area contributed by atoms with E-state index < -0.39 is 49.7 Å². The van der Waals surface area contributed by atoms with Crippen molar-refractivity contribution in [1.82, 2.24) is 4.90 Å². The van der Waals surface area contributed by atoms with E-state index in [2.05, 4.69) is 24.6 Å². The van der Waals surface area contributed by atoms with Crippen LogP contribution in [-0.2, 0) is 10.3 Å². The molecule has 1 aromatic carbocycles. The van der Waals surface area contributed by atoms with E-state index in [4.69, 9.17) is 4.74 Å². The molecule has 3 rings (SSSR count). The fourth-order valence-electron chi connectivity index (χ4n) is 4.10. The van der Waals surface area contributed by atoms with E-state index in [1.54, 1.807) is 0 Å². The van der Waals surface area contributed by atoms with E-state index in [0.29, 0.717) is 13.0 Å². The molecule has 0 radical (unpaired) electrons. The van der Waals surface area contributed by atoms with E-state index in [1.807, 2.05) is 20.8 Å². The number of alkyl halides is 1. The van der Waals surface area contributed by atoms with Gasteiger partial charge in [-0.1, -0.05) is 64.3 Å². The summed E-state index contributed by atoms with van der Waals surface area (Å²) in [6.07, 6.45) is -1.61. The van der Waals surface area contributed by atoms with Crippen LogP contribution in [0.2, 0.25) is 25.7 Å². The number of thioether (sulfide) groups is 1. The molecule has 1 aromatic rings. The molecular formula is C23H33F3N2O3SSi. The summed E-state index contributed by atoms with van der Waals surface area (Å²) in [6.45, 7) is 11.5. The van der Waals surface area contributed by atoms with Crippen LogP contribution in [0.1, 0.15) is 32.8 Å². The van der Waals surface area contributed by atoms with Gasteiger partial charge in [0.25, 0.3) is 0 Å². The number of amides is 1. The lowest BCUT2D eigenvalue weighted by atomic mass is 9.86. The number of ether oxygens (including phenoxy) is 1. The van der Waals surface area contributed by atoms with Crippen LogP contribution in [0, 0.1) is 23.0 Å². The van der Waals surface area contributed by atoms with Crippen LogP contribution in [0.25, 0.3) is 0 Å². The van der Waals surface area contributed by atoms with Gasteiger partial charge < -0.3 is 9.84 Å². The minimum Gasteiger partial charge on any atom is -0.465 e. The van der Waals surface area contributed by atoms with E-state index in [1.165, 1.54) is 23.9 Å². The fraction of sp³-hybridized carbons (Fsp3) is 0.652. The molecule has 184 valence electrons. The van der Waals surface area contributed by atoms with E-state index in [9.17, 15) is 23.1 Å². The first-order valence-corrected chi connectivity index (χ1v) is 15.7. The first-order chi connectivity index (χ1) is 15.2. The number of nitrogens with zero attached hydrogens (tertiary/aromatic N) is 2. The van der Waals surface area contributed by atoms with Crippen LogP contribution in [0.5, 0.6) is 0 Å². The summed E-state index contributed by atoms with van der Waals surface area (Å²) in [5.74, 6) is -2.55. The van der Waals surface area contributed by atoms with Gasteiger partial charge in [0.2, 0.25) is 0 Å². The highest BCUT2D eigenvalue weighted by Crippen LogP contribution is 2.59. The second-order valence-corrected chi connectivity index (χ2v) is 17.9. The Hall–Kier alpha value is -1.52. The molecule has 1 fully saturated rings. The van der Waals surface area contributed by atoms with Crippen LogP contribution >= 0.6 is 11.8 Å². The van der Waals surface area contributed by atoms with Crippen molar-refractivity contribution in [3.8, 4) is 0 Å². The summed E-state index contributed by atoms with van der Waals surface area (Å²) in [4.78, 5) is 18.0. The van der Waals surface area contributed by atoms with Crippen LogP contribution in [0.3, 0.4) is 0 Å². The zero-order chi connectivity index (χ0) is 24.8. The molecule has 1 N–H and O–H groups in total. The van der Waals surface area contributed by atoms with Gasteiger partial charge in [0.05, 0.1) is 0 Å². The molecule has 2 aliphatic rings. The Morgan fingerprint density at radius 3 is 2.58 bits per heavy atom. The second-order valence-electron chi connectivity index (χ2n) is 11.1. The maximum Gasteiger partial charge on any atom is 0.415 e. The fourth-order valence-corrected chi connectivity index (χ4v) is 6.30. The van der Waals surface area contributed by atoms with Crippen LogP contribution < -0.4 is 0 Å². The monoisotopic (exact) mass is 502 g/mol. The van der Waals surface area contributed by atoms with E-state index >= 15 is 0 Å². The number of halogens is 3. The molecule has 0 bridgehead atoms. The van der Waals surface area contributed by atoms with Gasteiger partial charge in [0, 0.05) is 36.8 Å². The molecule has 1 aliphatic carbocycles. The average Bonchev–Trinajstić information content (AvgIpc) is 3.47. The maximum absolute atomic E-state index is 14.8. The minimum atomic E-state index is -1.66. The summed E-state index contributed by atoms with van der Waals surface area (Å²) >= 11 is 1.24. The van der Waals surface area contributed by atoms with Crippen molar-refractivity contribution in [3.05, 3.63) is 35.4 Å². The van der Waals surface area contributed by atoms with Crippen LogP contribution in [0.4, 0.5) is 18.0 Å². The molecule has 0 spiro atoms. The summed E-state index contributed by atoms with van der Waals surface area (Å²) < 4.78 is 49.5. The summed E-state index contributed by atoms with van der Waals surface area (Å²) in [6, 6.07) is 4.48. The van der Waals surface area contributed by atoms with Gasteiger partial charge in [-0.3, -0.25) is 0 Å². The van der Waals surface area contributed by atoms with Crippen molar-refractivity contribution >= 4 is 31.1 Å². The van der Waals surface area contributed by atoms with Crippen molar-refractivity contribution in [2.24, 2.45) is 16.3 Å². The first kappa shape index (κ1) is 26.1. The minimum absolute atomic E-state index is 0.0653. The number of benzene rings is 1. The molecule has 0 aromatic heterocycles. The van der Waals surface area contributed by atoms with Crippen molar-refractivity contribution in [2.45, 2.75) is 69.9 Å². The Balaban J connectivity index is 2.05. The second kappa shape index (κ2) is 9.26. The standard InChI is InChI=1S/C23H33F3N2O3SSi/c1-22(2,3)19(31-10-11-33(4,5)6)28(21(29)30)20-27-23(13-24,15-12-17(15)32-20)14-8-7-9-16(25)18(14)26/h7-9,15,17,19H,10-13H2,1-6H3,(H,29,30)/t15-,17+,19?,23-/m1/s1. The van der Waals surface area contributed by atoms with Gasteiger partial charge in [0.15, 0.2) is 16.8 Å². The summed E-state index contributed by atoms with van der Waals surface area (Å²) in [5.41, 5.74) is -2.44. The molecule has 10 heteroatoms. The zero-order valence-corrected chi connectivity index (χ0v) is 21.8. The smallest absolute Gasteiger partial charge is 0.415 e. The Kier molecular flexibility index (Phi) is 7.32. The topological polar surface area (TPSA) is 62.1 Å². The molecule has 33 heavy (non-hydrogen) atoms. The highest BCUT2D eigenvalue weighted by molar-refractivity contribution is 8.14. The van der Waals surface area contributed by atoms with Gasteiger partial charge in [-0.25, -0.2) is 27.9 Å². The Labute approximate surface area is 198 Å². The van der Waals surface area contributed by atoms with Crippen molar-refractivity contribution in [1.29, 1.82) is 0 Å². The first-order valence-electron chi connectivity index (χ1n) is 11.1. The van der Waals surface area contributed by atoms with Gasteiger partial charge >= 0.3 is 6.09 Å². The highest BCUT2D eigenvalue weighted by Gasteiger charge is 2.60. The zero-order valence-electron chi connectivity index (χ0n) is 20.0. The molecular weight excluding hydrogens is 469 g/mol. The number of amidine groups is 1. The number of fused-ring (bicyclic) bond motifs is 1. The third-order valence-corrected chi connectivity index (χ3v) is 9.06. The number of aliphatic imine (C=N–C) groups is 1. The molecule has 0 saturated heterocycles. The number of rotatable bonds is 7. The molecule has 1 heterocycles. The third-order valence-electron chi connectivity index (χ3n) is 6.03. The lowest BCUT2D eigenvalue weighted by molar-refractivity contribution is -0.0761. The number of carboxylic acid groups (broad SMARTS) is 1. The van der Waals surface area contributed by atoms with Gasteiger partial charge in [-0.05, 0) is 18.5 Å². The van der Waals surface area contributed by atoms with Crippen molar-refractivity contribution in [3.63, 3.8) is 0 Å². The molecule has 4 atom stereocenters. The lowest BCUT2D eigenvalue weighted by Crippen LogP contribution is -2.53. The number of carbonyl (C=O) groups is 1. The van der Waals surface area contributed by atoms with Crippen molar-refractivity contribution < 1.29 is 27.8 Å². The Morgan fingerprint density at radius 2 is 2.03 bits per heavy atom. The molecule has 5 nitrogen and oxygen atoms in total. The SMILES string of the molecule is CC(C)(C)C(OCC[Si](C)(C)C)N(C(=O)O)C1=N[C@](CF)(c2cccc(F)c2F)[C@@H]2C[C@@H]2S1. The predicted octanol–water partition coefficient (Wildman–Crippen LogP) is 6.33. The van der Waals surface area contributed by atoms with Gasteiger partial charge in [-0.2, -0.15) is 0 Å². The average molecular weight is 503 g/mol. The van der Waals surface area contributed by atoms with Gasteiger partial charge in [-0.15, -0.1) is 0 Å².